The first-order valence-corrected chi connectivity index (χ1v) is 4.60. The van der Waals surface area contributed by atoms with Crippen LogP contribution in [0.25, 0.3) is 0 Å². The Bertz CT molecular complexity index is 335. The summed E-state index contributed by atoms with van der Waals surface area (Å²) in [5, 5.41) is 10.2. The predicted molar refractivity (Wildman–Crippen MR) is 55.8 cm³/mol. The average molecular weight is 259 g/mol. The fourth-order valence-corrected chi connectivity index (χ4v) is 1.78. The molecule has 1 aromatic heterocycles. The Labute approximate surface area is 94.6 Å². The van der Waals surface area contributed by atoms with Gasteiger partial charge < -0.3 is 5.73 Å². The van der Waals surface area contributed by atoms with Gasteiger partial charge in [0.1, 0.15) is 0 Å². The van der Waals surface area contributed by atoms with Crippen LogP contribution in [0.2, 0.25) is 0 Å². The highest BCUT2D eigenvalue weighted by Crippen LogP contribution is 2.30. The summed E-state index contributed by atoms with van der Waals surface area (Å²) in [6, 6.07) is 1.86. The molecule has 0 aromatic carbocycles. The summed E-state index contributed by atoms with van der Waals surface area (Å²) in [5.41, 5.74) is 5.42. The Hall–Kier alpha value is -0.790. The molecule has 1 rings (SSSR count). The van der Waals surface area contributed by atoms with Crippen molar-refractivity contribution in [1.29, 1.82) is 0 Å². The van der Waals surface area contributed by atoms with Crippen molar-refractivity contribution in [3.63, 3.8) is 0 Å². The molecule has 8 heteroatoms. The molecule has 2 N–H and O–H groups in total. The molecule has 1 atom stereocenters. The van der Waals surface area contributed by atoms with E-state index in [4.69, 9.17) is 5.73 Å². The summed E-state index contributed by atoms with van der Waals surface area (Å²) in [6.07, 6.45) is -2.97. The first-order valence-electron chi connectivity index (χ1n) is 3.78. The second-order valence-electron chi connectivity index (χ2n) is 2.67. The van der Waals surface area contributed by atoms with Crippen LogP contribution in [0.1, 0.15) is 17.3 Å². The molecule has 0 aliphatic rings. The largest absolute Gasteiger partial charge is 0.324 e. The third kappa shape index (κ3) is 4.06. The smallest absolute Gasteiger partial charge is 0.323 e. The fraction of sp³-hybridized carbons (Fsp3) is 0.429. The maximum absolute atomic E-state index is 11.9. The maximum atomic E-state index is 11.9. The average Bonchev–Trinajstić information content (AvgIpc) is 2.50. The summed E-state index contributed by atoms with van der Waals surface area (Å²) in [4.78, 5) is 10.1. The lowest BCUT2D eigenvalue weighted by atomic mass is 10.2. The van der Waals surface area contributed by atoms with Gasteiger partial charge in [0.05, 0.1) is 4.92 Å². The van der Waals surface area contributed by atoms with Gasteiger partial charge in [-0.15, -0.1) is 12.4 Å². The van der Waals surface area contributed by atoms with Crippen LogP contribution in [0.3, 0.4) is 0 Å². The highest BCUT2D eigenvalue weighted by molar-refractivity contribution is 7.15. The Balaban J connectivity index is 0.00000196. The van der Waals surface area contributed by atoms with E-state index in [9.17, 15) is 18.9 Å². The summed E-state index contributed by atoms with van der Waals surface area (Å²) in [7, 11) is 0. The Morgan fingerprint density at radius 1 is 1.53 bits per heavy atom. The zero-order valence-electron chi connectivity index (χ0n) is 7.43. The fourth-order valence-electron chi connectivity index (χ4n) is 0.948. The van der Waals surface area contributed by atoms with Gasteiger partial charge in [-0.25, -0.2) is 8.78 Å². The third-order valence-corrected chi connectivity index (χ3v) is 2.76. The Morgan fingerprint density at radius 3 is 2.53 bits per heavy atom. The van der Waals surface area contributed by atoms with Crippen molar-refractivity contribution in [3.05, 3.63) is 27.1 Å². The van der Waals surface area contributed by atoms with E-state index in [1.54, 1.807) is 0 Å². The van der Waals surface area contributed by atoms with Gasteiger partial charge in [-0.05, 0) is 6.07 Å². The van der Waals surface area contributed by atoms with Crippen LogP contribution in [0.4, 0.5) is 13.8 Å². The van der Waals surface area contributed by atoms with Crippen molar-refractivity contribution < 1.29 is 13.7 Å². The quantitative estimate of drug-likeness (QED) is 0.667. The number of rotatable bonds is 4. The van der Waals surface area contributed by atoms with Crippen molar-refractivity contribution >= 4 is 28.7 Å². The molecule has 15 heavy (non-hydrogen) atoms. The summed E-state index contributed by atoms with van der Waals surface area (Å²) in [5.74, 6) is 0. The van der Waals surface area contributed by atoms with E-state index in [0.717, 1.165) is 11.3 Å². The molecular weight excluding hydrogens is 250 g/mol. The van der Waals surface area contributed by atoms with Crippen LogP contribution in [0.5, 0.6) is 0 Å². The van der Waals surface area contributed by atoms with E-state index < -0.39 is 23.8 Å². The van der Waals surface area contributed by atoms with Crippen LogP contribution in [0, 0.1) is 10.1 Å². The highest BCUT2D eigenvalue weighted by atomic mass is 35.5. The molecule has 1 heterocycles. The lowest BCUT2D eigenvalue weighted by Crippen LogP contribution is -2.12. The number of hydrogen-bond acceptors (Lipinski definition) is 4. The lowest BCUT2D eigenvalue weighted by Gasteiger charge is -2.06. The number of nitrogens with zero attached hydrogens (tertiary/aromatic N) is 1. The molecule has 0 bridgehead atoms. The van der Waals surface area contributed by atoms with Gasteiger partial charge in [0.15, 0.2) is 0 Å². The number of thiophene rings is 1. The van der Waals surface area contributed by atoms with Crippen LogP contribution in [0.15, 0.2) is 12.1 Å². The van der Waals surface area contributed by atoms with Crippen molar-refractivity contribution in [2.45, 2.75) is 18.9 Å². The van der Waals surface area contributed by atoms with Crippen molar-refractivity contribution in [2.75, 3.05) is 0 Å². The molecule has 0 fully saturated rings. The van der Waals surface area contributed by atoms with E-state index in [0.29, 0.717) is 4.88 Å². The SMILES string of the molecule is Cl.N[C@H](CC(F)F)c1ccc([N+](=O)[O-])s1. The molecule has 0 saturated carbocycles. The van der Waals surface area contributed by atoms with Crippen molar-refractivity contribution in [3.8, 4) is 0 Å². The molecule has 0 aliphatic carbocycles. The number of nitro groups is 1. The molecule has 0 radical (unpaired) electrons. The van der Waals surface area contributed by atoms with Crippen molar-refractivity contribution in [2.24, 2.45) is 5.73 Å². The lowest BCUT2D eigenvalue weighted by molar-refractivity contribution is -0.380. The van der Waals surface area contributed by atoms with Gasteiger partial charge in [0.2, 0.25) is 6.43 Å². The standard InChI is InChI=1S/C7H8F2N2O2S.ClH/c8-6(9)3-4(10)5-1-2-7(14-5)11(12)13;/h1-2,4,6H,3,10H2;1H/t4-;/m1./s1. The van der Waals surface area contributed by atoms with E-state index in [2.05, 4.69) is 0 Å². The Kier molecular flexibility index (Phi) is 5.63. The van der Waals surface area contributed by atoms with E-state index in [1.807, 2.05) is 0 Å². The van der Waals surface area contributed by atoms with Crippen LogP contribution >= 0.6 is 23.7 Å². The van der Waals surface area contributed by atoms with Crippen LogP contribution < -0.4 is 5.73 Å². The maximum Gasteiger partial charge on any atom is 0.324 e. The van der Waals surface area contributed by atoms with Gasteiger partial charge in [-0.2, -0.15) is 0 Å². The molecule has 0 spiro atoms. The first kappa shape index (κ1) is 14.2. The van der Waals surface area contributed by atoms with Crippen LogP contribution in [-0.2, 0) is 0 Å². The summed E-state index contributed by atoms with van der Waals surface area (Å²) in [6.45, 7) is 0. The minimum Gasteiger partial charge on any atom is -0.323 e. The molecule has 0 amide bonds. The molecule has 1 aromatic rings. The van der Waals surface area contributed by atoms with E-state index in [1.165, 1.54) is 12.1 Å². The molecule has 86 valence electrons. The topological polar surface area (TPSA) is 69.2 Å². The Morgan fingerprint density at radius 2 is 2.13 bits per heavy atom. The van der Waals surface area contributed by atoms with Crippen LogP contribution in [-0.4, -0.2) is 11.3 Å². The number of hydrogen-bond donors (Lipinski definition) is 1. The van der Waals surface area contributed by atoms with Gasteiger partial charge >= 0.3 is 5.00 Å². The minimum absolute atomic E-state index is 0. The number of halogens is 3. The molecule has 0 unspecified atom stereocenters. The highest BCUT2D eigenvalue weighted by Gasteiger charge is 2.17. The molecule has 4 nitrogen and oxygen atoms in total. The number of nitrogens with two attached hydrogens (primary N) is 1. The first-order chi connectivity index (χ1) is 6.50. The van der Waals surface area contributed by atoms with Crippen molar-refractivity contribution in [1.82, 2.24) is 0 Å². The second kappa shape index (κ2) is 5.94. The third-order valence-electron chi connectivity index (χ3n) is 1.59. The van der Waals surface area contributed by atoms with E-state index in [-0.39, 0.29) is 17.4 Å². The molecular formula is C7H9ClF2N2O2S. The molecule has 0 aliphatic heterocycles. The van der Waals surface area contributed by atoms with Gasteiger partial charge in [0, 0.05) is 23.4 Å². The minimum atomic E-state index is -2.49. The zero-order valence-corrected chi connectivity index (χ0v) is 9.06. The normalized spacial score (nSPS) is 12.3. The summed E-state index contributed by atoms with van der Waals surface area (Å²) < 4.78 is 23.9. The summed E-state index contributed by atoms with van der Waals surface area (Å²) >= 11 is 0.834. The second-order valence-corrected chi connectivity index (χ2v) is 3.76. The zero-order chi connectivity index (χ0) is 10.7. The van der Waals surface area contributed by atoms with Gasteiger partial charge in [-0.1, -0.05) is 11.3 Å². The number of alkyl halides is 2. The van der Waals surface area contributed by atoms with Gasteiger partial charge in [-0.3, -0.25) is 10.1 Å². The predicted octanol–water partition coefficient (Wildman–Crippen LogP) is 2.73. The molecule has 0 saturated heterocycles. The monoisotopic (exact) mass is 258 g/mol. The van der Waals surface area contributed by atoms with Gasteiger partial charge in [0.25, 0.3) is 0 Å². The van der Waals surface area contributed by atoms with E-state index >= 15 is 0 Å².